The Morgan fingerprint density at radius 3 is 2.67 bits per heavy atom. The maximum absolute atomic E-state index is 12.8. The van der Waals surface area contributed by atoms with Gasteiger partial charge in [0.15, 0.2) is 0 Å². The molecule has 3 aromatic carbocycles. The molecule has 7 heteroatoms. The van der Waals surface area contributed by atoms with Crippen molar-refractivity contribution in [3.05, 3.63) is 65.7 Å². The van der Waals surface area contributed by atoms with Crippen molar-refractivity contribution in [2.45, 2.75) is 57.7 Å². The van der Waals surface area contributed by atoms with Crippen molar-refractivity contribution >= 4 is 28.2 Å². The summed E-state index contributed by atoms with van der Waals surface area (Å²) < 4.78 is 12.4. The van der Waals surface area contributed by atoms with Gasteiger partial charge >= 0.3 is 6.09 Å². The highest BCUT2D eigenvalue weighted by Gasteiger charge is 2.45. The molecule has 3 aromatic rings. The van der Waals surface area contributed by atoms with E-state index in [0.29, 0.717) is 17.5 Å². The fourth-order valence-electron chi connectivity index (χ4n) is 6.64. The normalized spacial score (nSPS) is 22.7. The Kier molecular flexibility index (Phi) is 8.29. The number of rotatable bonds is 8. The highest BCUT2D eigenvalue weighted by atomic mass is 16.6. The van der Waals surface area contributed by atoms with Crippen molar-refractivity contribution in [2.24, 2.45) is 0 Å². The first kappa shape index (κ1) is 27.3. The smallest absolute Gasteiger partial charge is 0.412 e. The van der Waals surface area contributed by atoms with Crippen molar-refractivity contribution in [1.82, 2.24) is 5.32 Å². The maximum atomic E-state index is 12.8. The van der Waals surface area contributed by atoms with Gasteiger partial charge in [-0.2, -0.15) is 0 Å². The van der Waals surface area contributed by atoms with Gasteiger partial charge in [0.2, 0.25) is 0 Å². The van der Waals surface area contributed by atoms with Crippen molar-refractivity contribution in [3.8, 4) is 5.75 Å². The SMILES string of the molecule is COc1ccc(C)cc1NC(=O)OC1CC[N+]2(CNCc3cccc4c(N(C)C)cccc34)CCCCC2C1. The van der Waals surface area contributed by atoms with Crippen LogP contribution in [0.1, 0.15) is 43.2 Å². The number of hydrogen-bond donors (Lipinski definition) is 2. The number of methoxy groups -OCH3 is 1. The number of nitrogens with one attached hydrogen (secondary N) is 2. The molecule has 2 N–H and O–H groups in total. The second kappa shape index (κ2) is 11.8. The Morgan fingerprint density at radius 1 is 1.03 bits per heavy atom. The molecular weight excluding hydrogens is 488 g/mol. The summed E-state index contributed by atoms with van der Waals surface area (Å²) in [4.78, 5) is 15.0. The third-order valence-corrected chi connectivity index (χ3v) is 8.68. The van der Waals surface area contributed by atoms with Gasteiger partial charge < -0.3 is 18.9 Å². The van der Waals surface area contributed by atoms with Crippen LogP contribution in [-0.2, 0) is 11.3 Å². The quantitative estimate of drug-likeness (QED) is 0.347. The van der Waals surface area contributed by atoms with Crippen molar-refractivity contribution < 1.29 is 18.8 Å². The Bertz CT molecular complexity index is 1310. The van der Waals surface area contributed by atoms with Crippen LogP contribution in [0.25, 0.3) is 10.8 Å². The highest BCUT2D eigenvalue weighted by molar-refractivity contribution is 5.96. The van der Waals surface area contributed by atoms with Crippen LogP contribution in [-0.4, -0.2) is 63.7 Å². The van der Waals surface area contributed by atoms with Crippen LogP contribution in [0.2, 0.25) is 0 Å². The topological polar surface area (TPSA) is 62.8 Å². The zero-order valence-corrected chi connectivity index (χ0v) is 23.8. The van der Waals surface area contributed by atoms with E-state index in [4.69, 9.17) is 9.47 Å². The number of piperidine rings is 2. The third-order valence-electron chi connectivity index (χ3n) is 8.68. The number of quaternary nitrogens is 1. The molecule has 5 rings (SSSR count). The highest BCUT2D eigenvalue weighted by Crippen LogP contribution is 2.35. The summed E-state index contributed by atoms with van der Waals surface area (Å²) >= 11 is 0. The van der Waals surface area contributed by atoms with E-state index in [1.54, 1.807) is 7.11 Å². The summed E-state index contributed by atoms with van der Waals surface area (Å²) in [5, 5.41) is 9.35. The Morgan fingerprint density at radius 2 is 1.85 bits per heavy atom. The summed E-state index contributed by atoms with van der Waals surface area (Å²) in [6, 6.07) is 19.4. The second-order valence-corrected chi connectivity index (χ2v) is 11.5. The Labute approximate surface area is 232 Å². The molecule has 1 amide bonds. The number of hydrogen-bond acceptors (Lipinski definition) is 5. The lowest BCUT2D eigenvalue weighted by Gasteiger charge is -2.51. The van der Waals surface area contributed by atoms with E-state index in [9.17, 15) is 4.79 Å². The van der Waals surface area contributed by atoms with E-state index in [1.165, 1.54) is 47.8 Å². The molecule has 2 saturated heterocycles. The predicted molar refractivity (Wildman–Crippen MR) is 158 cm³/mol. The van der Waals surface area contributed by atoms with Gasteiger partial charge in [0, 0.05) is 44.6 Å². The average molecular weight is 532 g/mol. The molecule has 0 saturated carbocycles. The van der Waals surface area contributed by atoms with Crippen LogP contribution in [0.3, 0.4) is 0 Å². The first-order chi connectivity index (χ1) is 18.9. The lowest BCUT2D eigenvalue weighted by molar-refractivity contribution is -0.963. The number of amides is 1. The molecule has 3 unspecified atom stereocenters. The monoisotopic (exact) mass is 531 g/mol. The molecule has 7 nitrogen and oxygen atoms in total. The van der Waals surface area contributed by atoms with Crippen molar-refractivity contribution in [3.63, 3.8) is 0 Å². The molecule has 0 aliphatic carbocycles. The molecule has 2 aliphatic heterocycles. The number of carbonyl (C=O) groups excluding carboxylic acids is 1. The molecule has 2 aliphatic rings. The van der Waals surface area contributed by atoms with E-state index in [0.717, 1.165) is 42.6 Å². The van der Waals surface area contributed by atoms with Crippen LogP contribution in [0.5, 0.6) is 5.75 Å². The minimum absolute atomic E-state index is 0.0577. The maximum Gasteiger partial charge on any atom is 0.412 e. The van der Waals surface area contributed by atoms with E-state index in [2.05, 4.69) is 66.0 Å². The van der Waals surface area contributed by atoms with Gasteiger partial charge in [-0.05, 0) is 60.9 Å². The van der Waals surface area contributed by atoms with Crippen molar-refractivity contribution in [1.29, 1.82) is 0 Å². The van der Waals surface area contributed by atoms with Gasteiger partial charge in [0.05, 0.1) is 31.9 Å². The number of aryl methyl sites for hydroxylation is 1. The van der Waals surface area contributed by atoms with Crippen LogP contribution in [0.15, 0.2) is 54.6 Å². The summed E-state index contributed by atoms with van der Waals surface area (Å²) in [5.74, 6) is 0.638. The molecule has 2 fully saturated rings. The lowest BCUT2D eigenvalue weighted by atomic mass is 9.88. The summed E-state index contributed by atoms with van der Waals surface area (Å²) in [5.41, 5.74) is 4.29. The van der Waals surface area contributed by atoms with Crippen LogP contribution in [0.4, 0.5) is 16.2 Å². The number of anilines is 2. The molecule has 0 aromatic heterocycles. The molecule has 3 atom stereocenters. The predicted octanol–water partition coefficient (Wildman–Crippen LogP) is 6.05. The minimum Gasteiger partial charge on any atom is -0.495 e. The molecule has 2 heterocycles. The number of carbonyl (C=O) groups is 1. The first-order valence-electron chi connectivity index (χ1n) is 14.3. The largest absolute Gasteiger partial charge is 0.495 e. The Balaban J connectivity index is 1.21. The number of benzene rings is 3. The number of nitrogens with zero attached hydrogens (tertiary/aromatic N) is 2. The average Bonchev–Trinajstić information content (AvgIpc) is 2.93. The molecule has 39 heavy (non-hydrogen) atoms. The fraction of sp³-hybridized carbons (Fsp3) is 0.469. The summed E-state index contributed by atoms with van der Waals surface area (Å²) in [7, 11) is 5.81. The second-order valence-electron chi connectivity index (χ2n) is 11.5. The van der Waals surface area contributed by atoms with Crippen LogP contribution >= 0.6 is 0 Å². The zero-order valence-electron chi connectivity index (χ0n) is 23.8. The summed E-state index contributed by atoms with van der Waals surface area (Å²) in [6.07, 6.45) is 5.05. The van der Waals surface area contributed by atoms with Gasteiger partial charge in [-0.3, -0.25) is 10.6 Å². The van der Waals surface area contributed by atoms with Gasteiger partial charge in [0.25, 0.3) is 0 Å². The minimum atomic E-state index is -0.397. The first-order valence-corrected chi connectivity index (χ1v) is 14.3. The fourth-order valence-corrected chi connectivity index (χ4v) is 6.64. The molecule has 0 bridgehead atoms. The summed E-state index contributed by atoms with van der Waals surface area (Å²) in [6.45, 7) is 6.02. The van der Waals surface area contributed by atoms with Gasteiger partial charge in [-0.15, -0.1) is 0 Å². The molecular formula is C32H43N4O3+. The zero-order chi connectivity index (χ0) is 27.4. The van der Waals surface area contributed by atoms with Gasteiger partial charge in [0.1, 0.15) is 18.5 Å². The number of ether oxygens (including phenoxy) is 2. The standard InChI is InChI=1S/C32H42N4O3/c1-23-14-15-31(38-4)29(19-23)34-32(37)39-26-16-18-36(17-6-5-10-25(36)20-26)22-33-21-24-9-7-12-28-27(24)11-8-13-30(28)35(2)3/h7-9,11-15,19,25-26,33H,5-6,10,16-18,20-22H2,1-4H3/p+1. The Hall–Kier alpha value is -3.29. The van der Waals surface area contributed by atoms with E-state index in [1.807, 2.05) is 25.1 Å². The molecule has 0 spiro atoms. The van der Waals surface area contributed by atoms with E-state index in [-0.39, 0.29) is 6.10 Å². The third kappa shape index (κ3) is 5.99. The molecule has 208 valence electrons. The number of fused-ring (bicyclic) bond motifs is 2. The van der Waals surface area contributed by atoms with Gasteiger partial charge in [-0.25, -0.2) is 4.79 Å². The van der Waals surface area contributed by atoms with Crippen LogP contribution in [0, 0.1) is 6.92 Å². The van der Waals surface area contributed by atoms with Crippen LogP contribution < -0.4 is 20.3 Å². The van der Waals surface area contributed by atoms with E-state index >= 15 is 0 Å². The lowest BCUT2D eigenvalue weighted by Crippen LogP contribution is -2.65. The van der Waals surface area contributed by atoms with Crippen molar-refractivity contribution in [2.75, 3.05) is 51.2 Å². The van der Waals surface area contributed by atoms with E-state index < -0.39 is 6.09 Å². The van der Waals surface area contributed by atoms with Gasteiger partial charge in [-0.1, -0.05) is 36.4 Å². The molecule has 0 radical (unpaired) electrons.